The van der Waals surface area contributed by atoms with E-state index in [-0.39, 0.29) is 5.56 Å². The molecule has 3 aromatic heterocycles. The second kappa shape index (κ2) is 5.48. The molecule has 0 aliphatic carbocycles. The molecule has 0 bridgehead atoms. The van der Waals surface area contributed by atoms with Crippen molar-refractivity contribution in [1.29, 1.82) is 0 Å². The van der Waals surface area contributed by atoms with Crippen LogP contribution in [0.4, 0.5) is 0 Å². The summed E-state index contributed by atoms with van der Waals surface area (Å²) in [6, 6.07) is 8.75. The summed E-state index contributed by atoms with van der Waals surface area (Å²) in [4.78, 5) is 19.9. The molecular formula is C14H12N4O2. The lowest BCUT2D eigenvalue weighted by Crippen LogP contribution is -2.23. The maximum atomic E-state index is 11.8. The van der Waals surface area contributed by atoms with E-state index in [0.29, 0.717) is 18.7 Å². The third kappa shape index (κ3) is 2.64. The molecular weight excluding hydrogens is 256 g/mol. The highest BCUT2D eigenvalue weighted by Gasteiger charge is 2.05. The minimum atomic E-state index is -0.149. The maximum absolute atomic E-state index is 11.8. The van der Waals surface area contributed by atoms with E-state index in [4.69, 9.17) is 4.42 Å². The van der Waals surface area contributed by atoms with E-state index in [2.05, 4.69) is 15.1 Å². The maximum Gasteiger partial charge on any atom is 0.266 e. The van der Waals surface area contributed by atoms with Gasteiger partial charge in [0.1, 0.15) is 11.5 Å². The molecule has 0 saturated heterocycles. The fraction of sp³-hybridized carbons (Fsp3) is 0.143. The zero-order valence-corrected chi connectivity index (χ0v) is 10.6. The van der Waals surface area contributed by atoms with Crippen LogP contribution in [-0.2, 0) is 13.0 Å². The third-order valence-electron chi connectivity index (χ3n) is 2.85. The Kier molecular flexibility index (Phi) is 3.36. The molecule has 0 N–H and O–H groups in total. The Morgan fingerprint density at radius 2 is 2.10 bits per heavy atom. The number of hydrogen-bond acceptors (Lipinski definition) is 5. The van der Waals surface area contributed by atoms with Crippen molar-refractivity contribution in [2.75, 3.05) is 0 Å². The number of aryl methyl sites for hydroxylation is 2. The van der Waals surface area contributed by atoms with E-state index in [9.17, 15) is 4.79 Å². The molecule has 0 aliphatic rings. The zero-order chi connectivity index (χ0) is 13.8. The minimum absolute atomic E-state index is 0.149. The van der Waals surface area contributed by atoms with Crippen LogP contribution in [0.1, 0.15) is 5.76 Å². The van der Waals surface area contributed by atoms with Crippen molar-refractivity contribution in [1.82, 2.24) is 19.7 Å². The minimum Gasteiger partial charge on any atom is -0.448 e. The predicted molar refractivity (Wildman–Crippen MR) is 71.9 cm³/mol. The summed E-state index contributed by atoms with van der Waals surface area (Å²) in [6.07, 6.45) is 5.27. The van der Waals surface area contributed by atoms with Crippen molar-refractivity contribution in [2.24, 2.45) is 0 Å². The number of nitrogens with zero attached hydrogens (tertiary/aromatic N) is 4. The molecule has 0 atom stereocenters. The summed E-state index contributed by atoms with van der Waals surface area (Å²) in [7, 11) is 0. The van der Waals surface area contributed by atoms with Gasteiger partial charge in [0.2, 0.25) is 0 Å². The Bertz CT molecular complexity index is 735. The molecule has 0 amide bonds. The Balaban J connectivity index is 1.85. The van der Waals surface area contributed by atoms with Crippen molar-refractivity contribution in [3.8, 4) is 11.4 Å². The first-order chi connectivity index (χ1) is 9.83. The highest BCUT2D eigenvalue weighted by atomic mass is 16.3. The molecule has 0 aliphatic heterocycles. The van der Waals surface area contributed by atoms with Gasteiger partial charge in [0, 0.05) is 18.7 Å². The molecule has 0 spiro atoms. The number of rotatable bonds is 4. The van der Waals surface area contributed by atoms with Crippen LogP contribution in [0.5, 0.6) is 0 Å². The summed E-state index contributed by atoms with van der Waals surface area (Å²) in [6.45, 7) is 0.439. The average Bonchev–Trinajstić information content (AvgIpc) is 3.01. The Morgan fingerprint density at radius 3 is 2.85 bits per heavy atom. The number of hydrogen-bond donors (Lipinski definition) is 0. The second-order valence-electron chi connectivity index (χ2n) is 4.21. The first kappa shape index (κ1) is 12.3. The van der Waals surface area contributed by atoms with Crippen LogP contribution < -0.4 is 5.56 Å². The van der Waals surface area contributed by atoms with Crippen LogP contribution in [0, 0.1) is 0 Å². The van der Waals surface area contributed by atoms with Gasteiger partial charge < -0.3 is 4.42 Å². The molecule has 6 nitrogen and oxygen atoms in total. The lowest BCUT2D eigenvalue weighted by atomic mass is 10.2. The van der Waals surface area contributed by atoms with Gasteiger partial charge in [0.25, 0.3) is 5.56 Å². The van der Waals surface area contributed by atoms with Crippen LogP contribution >= 0.6 is 0 Å². The summed E-state index contributed by atoms with van der Waals surface area (Å²) in [5.74, 6) is 0.724. The van der Waals surface area contributed by atoms with E-state index < -0.39 is 0 Å². The van der Waals surface area contributed by atoms with E-state index in [1.54, 1.807) is 18.5 Å². The molecule has 3 heterocycles. The van der Waals surface area contributed by atoms with Gasteiger partial charge in [-0.25, -0.2) is 9.67 Å². The molecule has 100 valence electrons. The Morgan fingerprint density at radius 1 is 1.15 bits per heavy atom. The van der Waals surface area contributed by atoms with E-state index in [0.717, 1.165) is 11.5 Å². The van der Waals surface area contributed by atoms with Crippen molar-refractivity contribution < 1.29 is 4.42 Å². The monoisotopic (exact) mass is 268 g/mol. The van der Waals surface area contributed by atoms with Gasteiger partial charge in [-0.2, -0.15) is 5.10 Å². The van der Waals surface area contributed by atoms with Crippen molar-refractivity contribution >= 4 is 0 Å². The number of pyridine rings is 1. The first-order valence-electron chi connectivity index (χ1n) is 6.20. The molecule has 6 heteroatoms. The molecule has 3 rings (SSSR count). The van der Waals surface area contributed by atoms with Gasteiger partial charge >= 0.3 is 0 Å². The Labute approximate surface area is 114 Å². The Hall–Kier alpha value is -2.76. The van der Waals surface area contributed by atoms with Gasteiger partial charge in [0.05, 0.1) is 18.4 Å². The van der Waals surface area contributed by atoms with Crippen LogP contribution in [-0.4, -0.2) is 19.7 Å². The molecule has 0 saturated carbocycles. The van der Waals surface area contributed by atoms with Crippen LogP contribution in [0.15, 0.2) is 58.3 Å². The standard InChI is InChI=1S/C14H12N4O2/c19-14-5-4-13(12-3-1-2-7-16-12)17-18(14)8-6-11-9-15-10-20-11/h1-5,7,9-10H,6,8H2. The predicted octanol–water partition coefficient (Wildman–Crippen LogP) is 1.54. The van der Waals surface area contributed by atoms with Gasteiger partial charge in [0.15, 0.2) is 6.39 Å². The summed E-state index contributed by atoms with van der Waals surface area (Å²) in [5.41, 5.74) is 1.26. The van der Waals surface area contributed by atoms with Gasteiger partial charge in [-0.3, -0.25) is 9.78 Å². The topological polar surface area (TPSA) is 73.8 Å². The molecule has 20 heavy (non-hydrogen) atoms. The van der Waals surface area contributed by atoms with E-state index in [1.165, 1.54) is 17.1 Å². The van der Waals surface area contributed by atoms with Crippen LogP contribution in [0.3, 0.4) is 0 Å². The molecule has 0 aromatic carbocycles. The highest BCUT2D eigenvalue weighted by Crippen LogP contribution is 2.10. The fourth-order valence-corrected chi connectivity index (χ4v) is 1.84. The van der Waals surface area contributed by atoms with Crippen LogP contribution in [0.2, 0.25) is 0 Å². The normalized spacial score (nSPS) is 10.6. The largest absolute Gasteiger partial charge is 0.448 e. The van der Waals surface area contributed by atoms with Gasteiger partial charge in [-0.15, -0.1) is 0 Å². The average molecular weight is 268 g/mol. The summed E-state index contributed by atoms with van der Waals surface area (Å²) in [5, 5.41) is 4.32. The molecule has 0 radical (unpaired) electrons. The smallest absolute Gasteiger partial charge is 0.266 e. The number of oxazole rings is 1. The van der Waals surface area contributed by atoms with Crippen molar-refractivity contribution in [2.45, 2.75) is 13.0 Å². The second-order valence-corrected chi connectivity index (χ2v) is 4.21. The lowest BCUT2D eigenvalue weighted by Gasteiger charge is -2.05. The quantitative estimate of drug-likeness (QED) is 0.717. The summed E-state index contributed by atoms with van der Waals surface area (Å²) >= 11 is 0. The van der Waals surface area contributed by atoms with E-state index in [1.807, 2.05) is 18.2 Å². The molecule has 0 fully saturated rings. The van der Waals surface area contributed by atoms with E-state index >= 15 is 0 Å². The highest BCUT2D eigenvalue weighted by molar-refractivity contribution is 5.52. The molecule has 3 aromatic rings. The van der Waals surface area contributed by atoms with Crippen LogP contribution in [0.25, 0.3) is 11.4 Å². The third-order valence-corrected chi connectivity index (χ3v) is 2.85. The van der Waals surface area contributed by atoms with Crippen molar-refractivity contribution in [3.05, 3.63) is 65.2 Å². The summed E-state index contributed by atoms with van der Waals surface area (Å²) < 4.78 is 6.55. The number of aromatic nitrogens is 4. The molecule has 0 unspecified atom stereocenters. The lowest BCUT2D eigenvalue weighted by molar-refractivity contribution is 0.470. The SMILES string of the molecule is O=c1ccc(-c2ccccn2)nn1CCc1cnco1. The fourth-order valence-electron chi connectivity index (χ4n) is 1.84. The van der Waals surface area contributed by atoms with Crippen molar-refractivity contribution in [3.63, 3.8) is 0 Å². The zero-order valence-electron chi connectivity index (χ0n) is 10.6. The first-order valence-corrected chi connectivity index (χ1v) is 6.20. The van der Waals surface area contributed by atoms with Gasteiger partial charge in [-0.05, 0) is 18.2 Å². The van der Waals surface area contributed by atoms with Gasteiger partial charge in [-0.1, -0.05) is 6.07 Å².